The van der Waals surface area contributed by atoms with Gasteiger partial charge in [-0.3, -0.25) is 4.79 Å². The third-order valence-corrected chi connectivity index (χ3v) is 4.52. The molecule has 1 aromatic rings. The van der Waals surface area contributed by atoms with Crippen molar-refractivity contribution in [2.45, 2.75) is 46.0 Å². The molecule has 0 spiro atoms. The fraction of sp³-hybridized carbons (Fsp3) is 0.588. The number of aliphatic hydroxyl groups is 1. The van der Waals surface area contributed by atoms with Crippen LogP contribution in [0.3, 0.4) is 0 Å². The van der Waals surface area contributed by atoms with Crippen LogP contribution in [0.15, 0.2) is 24.3 Å². The van der Waals surface area contributed by atoms with E-state index in [0.29, 0.717) is 18.5 Å². The Kier molecular flexibility index (Phi) is 6.82. The molecule has 0 heterocycles. The molecule has 1 rings (SSSR count). The van der Waals surface area contributed by atoms with Gasteiger partial charge in [0.2, 0.25) is 5.91 Å². The molecule has 118 valence electrons. The maximum atomic E-state index is 13.2. The van der Waals surface area contributed by atoms with E-state index < -0.39 is 0 Å². The highest BCUT2D eigenvalue weighted by molar-refractivity contribution is 5.83. The Morgan fingerprint density at radius 3 is 2.57 bits per heavy atom. The second kappa shape index (κ2) is 8.13. The number of hydrogen-bond acceptors (Lipinski definition) is 2. The summed E-state index contributed by atoms with van der Waals surface area (Å²) in [4.78, 5) is 12.2. The minimum absolute atomic E-state index is 0.0634. The van der Waals surface area contributed by atoms with Crippen LogP contribution in [0.1, 0.15) is 51.5 Å². The summed E-state index contributed by atoms with van der Waals surface area (Å²) in [6.07, 6.45) is 2.48. The predicted molar refractivity (Wildman–Crippen MR) is 82.5 cm³/mol. The largest absolute Gasteiger partial charge is 0.396 e. The molecule has 0 aliphatic rings. The summed E-state index contributed by atoms with van der Waals surface area (Å²) in [5.74, 6) is -0.824. The first-order valence-electron chi connectivity index (χ1n) is 7.62. The lowest BCUT2D eigenvalue weighted by molar-refractivity contribution is -0.122. The van der Waals surface area contributed by atoms with E-state index in [4.69, 9.17) is 0 Å². The molecular formula is C17H26FNO2. The highest BCUT2D eigenvalue weighted by Gasteiger charge is 2.27. The van der Waals surface area contributed by atoms with Crippen LogP contribution in [0, 0.1) is 11.2 Å². The summed E-state index contributed by atoms with van der Waals surface area (Å²) < 4.78 is 13.2. The van der Waals surface area contributed by atoms with Crippen molar-refractivity contribution in [2.24, 2.45) is 5.41 Å². The van der Waals surface area contributed by atoms with E-state index in [-0.39, 0.29) is 29.7 Å². The normalized spacial score (nSPS) is 13.0. The first-order chi connectivity index (χ1) is 9.98. The lowest BCUT2D eigenvalue weighted by atomic mass is 9.79. The maximum Gasteiger partial charge on any atom is 0.227 e. The fourth-order valence-corrected chi connectivity index (χ4v) is 2.53. The predicted octanol–water partition coefficient (Wildman–Crippen LogP) is 3.23. The van der Waals surface area contributed by atoms with Gasteiger partial charge in [0.15, 0.2) is 0 Å². The van der Waals surface area contributed by atoms with Crippen molar-refractivity contribution < 1.29 is 14.3 Å². The second-order valence-corrected chi connectivity index (χ2v) is 5.68. The number of amides is 1. The van der Waals surface area contributed by atoms with E-state index >= 15 is 0 Å². The number of halogens is 1. The zero-order valence-corrected chi connectivity index (χ0v) is 13.2. The van der Waals surface area contributed by atoms with Crippen molar-refractivity contribution in [3.63, 3.8) is 0 Å². The molecule has 1 aromatic carbocycles. The Bertz CT molecular complexity index is 458. The SMILES string of the molecule is CCC(CC)(CCO)CNC(=O)C(C)c1cccc(F)c1. The number of aliphatic hydroxyl groups excluding tert-OH is 1. The molecule has 2 N–H and O–H groups in total. The second-order valence-electron chi connectivity index (χ2n) is 5.68. The average molecular weight is 295 g/mol. The zero-order chi connectivity index (χ0) is 15.9. The molecule has 3 nitrogen and oxygen atoms in total. The van der Waals surface area contributed by atoms with E-state index in [1.54, 1.807) is 19.1 Å². The van der Waals surface area contributed by atoms with Crippen molar-refractivity contribution in [3.8, 4) is 0 Å². The maximum absolute atomic E-state index is 13.2. The van der Waals surface area contributed by atoms with E-state index in [2.05, 4.69) is 19.2 Å². The van der Waals surface area contributed by atoms with Gasteiger partial charge in [-0.15, -0.1) is 0 Å². The number of hydrogen-bond donors (Lipinski definition) is 2. The Morgan fingerprint density at radius 1 is 1.38 bits per heavy atom. The zero-order valence-electron chi connectivity index (χ0n) is 13.2. The van der Waals surface area contributed by atoms with E-state index in [1.807, 2.05) is 0 Å². The third kappa shape index (κ3) is 4.81. The molecule has 0 aliphatic carbocycles. The van der Waals surface area contributed by atoms with Gasteiger partial charge < -0.3 is 10.4 Å². The minimum Gasteiger partial charge on any atom is -0.396 e. The number of nitrogens with one attached hydrogen (secondary N) is 1. The number of rotatable bonds is 8. The van der Waals surface area contributed by atoms with E-state index in [0.717, 1.165) is 12.8 Å². The van der Waals surface area contributed by atoms with Crippen LogP contribution in [0.2, 0.25) is 0 Å². The molecule has 0 radical (unpaired) electrons. The van der Waals surface area contributed by atoms with E-state index in [9.17, 15) is 14.3 Å². The Balaban J connectivity index is 2.68. The minimum atomic E-state index is -0.388. The molecule has 1 amide bonds. The van der Waals surface area contributed by atoms with Crippen LogP contribution in [0.4, 0.5) is 4.39 Å². The number of carbonyl (C=O) groups excluding carboxylic acids is 1. The fourth-order valence-electron chi connectivity index (χ4n) is 2.53. The van der Waals surface area contributed by atoms with Gasteiger partial charge in [-0.1, -0.05) is 26.0 Å². The van der Waals surface area contributed by atoms with Crippen molar-refractivity contribution in [3.05, 3.63) is 35.6 Å². The lowest BCUT2D eigenvalue weighted by Crippen LogP contribution is -2.39. The summed E-state index contributed by atoms with van der Waals surface area (Å²) in [5, 5.41) is 12.1. The molecule has 4 heteroatoms. The molecule has 0 saturated heterocycles. The van der Waals surface area contributed by atoms with Crippen LogP contribution >= 0.6 is 0 Å². The molecule has 1 atom stereocenters. The molecule has 21 heavy (non-hydrogen) atoms. The van der Waals surface area contributed by atoms with Crippen molar-refractivity contribution >= 4 is 5.91 Å². The quantitative estimate of drug-likeness (QED) is 0.773. The van der Waals surface area contributed by atoms with Crippen molar-refractivity contribution in [2.75, 3.05) is 13.2 Å². The van der Waals surface area contributed by atoms with Gasteiger partial charge in [-0.2, -0.15) is 0 Å². The summed E-state index contributed by atoms with van der Waals surface area (Å²) in [5.41, 5.74) is 0.611. The molecule has 1 unspecified atom stereocenters. The Morgan fingerprint density at radius 2 is 2.05 bits per heavy atom. The first-order valence-corrected chi connectivity index (χ1v) is 7.62. The molecule has 0 bridgehead atoms. The van der Waals surface area contributed by atoms with Crippen LogP contribution in [-0.2, 0) is 4.79 Å². The summed E-state index contributed by atoms with van der Waals surface area (Å²) >= 11 is 0. The van der Waals surface area contributed by atoms with Crippen molar-refractivity contribution in [1.82, 2.24) is 5.32 Å². The third-order valence-electron chi connectivity index (χ3n) is 4.52. The molecule has 0 fully saturated rings. The Hall–Kier alpha value is -1.42. The standard InChI is InChI=1S/C17H26FNO2/c1-4-17(5-2,9-10-20)12-19-16(21)13(3)14-7-6-8-15(18)11-14/h6-8,11,13,20H,4-5,9-10,12H2,1-3H3,(H,19,21). The van der Waals surface area contributed by atoms with E-state index in [1.165, 1.54) is 12.1 Å². The summed E-state index contributed by atoms with van der Waals surface area (Å²) in [7, 11) is 0. The van der Waals surface area contributed by atoms with Crippen LogP contribution in [0.25, 0.3) is 0 Å². The van der Waals surface area contributed by atoms with Crippen LogP contribution < -0.4 is 5.32 Å². The summed E-state index contributed by atoms with van der Waals surface area (Å²) in [6, 6.07) is 6.13. The average Bonchev–Trinajstić information content (AvgIpc) is 2.50. The highest BCUT2D eigenvalue weighted by atomic mass is 19.1. The highest BCUT2D eigenvalue weighted by Crippen LogP contribution is 2.29. The first kappa shape index (κ1) is 17.6. The van der Waals surface area contributed by atoms with Gasteiger partial charge in [-0.25, -0.2) is 4.39 Å². The smallest absolute Gasteiger partial charge is 0.227 e. The molecule has 0 saturated carbocycles. The van der Waals surface area contributed by atoms with Gasteiger partial charge in [0.05, 0.1) is 5.92 Å². The van der Waals surface area contributed by atoms with Gasteiger partial charge in [0.1, 0.15) is 5.82 Å². The lowest BCUT2D eigenvalue weighted by Gasteiger charge is -2.31. The van der Waals surface area contributed by atoms with Gasteiger partial charge in [0, 0.05) is 13.2 Å². The monoisotopic (exact) mass is 295 g/mol. The number of benzene rings is 1. The van der Waals surface area contributed by atoms with Gasteiger partial charge >= 0.3 is 0 Å². The van der Waals surface area contributed by atoms with Gasteiger partial charge in [0.25, 0.3) is 0 Å². The summed E-state index contributed by atoms with van der Waals surface area (Å²) in [6.45, 7) is 6.58. The van der Waals surface area contributed by atoms with Crippen LogP contribution in [0.5, 0.6) is 0 Å². The molecular weight excluding hydrogens is 269 g/mol. The van der Waals surface area contributed by atoms with Gasteiger partial charge in [-0.05, 0) is 49.3 Å². The molecule has 0 aliphatic heterocycles. The topological polar surface area (TPSA) is 49.3 Å². The Labute approximate surface area is 126 Å². The van der Waals surface area contributed by atoms with Crippen molar-refractivity contribution in [1.29, 1.82) is 0 Å². The number of carbonyl (C=O) groups is 1. The molecule has 0 aromatic heterocycles. The van der Waals surface area contributed by atoms with Crippen LogP contribution in [-0.4, -0.2) is 24.2 Å².